The highest BCUT2D eigenvalue weighted by atomic mass is 16.2. The van der Waals surface area contributed by atoms with Gasteiger partial charge in [-0.2, -0.15) is 5.10 Å². The van der Waals surface area contributed by atoms with Crippen LogP contribution in [0.2, 0.25) is 0 Å². The van der Waals surface area contributed by atoms with Crippen LogP contribution < -0.4 is 0 Å². The van der Waals surface area contributed by atoms with Gasteiger partial charge in [-0.3, -0.25) is 4.79 Å². The predicted octanol–water partition coefficient (Wildman–Crippen LogP) is 2.51. The summed E-state index contributed by atoms with van der Waals surface area (Å²) in [6, 6.07) is 7.42. The zero-order valence-electron chi connectivity index (χ0n) is 15.0. The summed E-state index contributed by atoms with van der Waals surface area (Å²) in [6.07, 6.45) is 4.89. The Bertz CT molecular complexity index is 958. The molecule has 0 spiro atoms. The maximum absolute atomic E-state index is 13.1. The van der Waals surface area contributed by atoms with Gasteiger partial charge in [0.1, 0.15) is 18.5 Å². The molecule has 0 aliphatic carbocycles. The number of aromatic nitrogens is 5. The van der Waals surface area contributed by atoms with Crippen molar-refractivity contribution in [2.24, 2.45) is 0 Å². The zero-order valence-corrected chi connectivity index (χ0v) is 15.0. The summed E-state index contributed by atoms with van der Waals surface area (Å²) in [6.45, 7) is 7.26. The molecule has 1 amide bonds. The van der Waals surface area contributed by atoms with Crippen LogP contribution in [0.3, 0.4) is 0 Å². The third kappa shape index (κ3) is 2.85. The molecule has 1 aliphatic rings. The largest absolute Gasteiger partial charge is 0.328 e. The maximum atomic E-state index is 13.1. The highest BCUT2D eigenvalue weighted by Gasteiger charge is 2.29. The number of para-hydroxylation sites is 1. The molecule has 7 heteroatoms. The van der Waals surface area contributed by atoms with Crippen LogP contribution in [-0.4, -0.2) is 35.5 Å². The molecule has 3 aromatic rings. The van der Waals surface area contributed by atoms with E-state index in [0.717, 1.165) is 17.1 Å². The van der Waals surface area contributed by atoms with Crippen molar-refractivity contribution in [2.75, 3.05) is 0 Å². The number of carbonyl (C=O) groups excluding carboxylic acids is 1. The first-order chi connectivity index (χ1) is 12.4. The first kappa shape index (κ1) is 16.4. The van der Waals surface area contributed by atoms with E-state index in [4.69, 9.17) is 4.98 Å². The average Bonchev–Trinajstić information content (AvgIpc) is 3.29. The number of rotatable bonds is 2. The van der Waals surface area contributed by atoms with Crippen LogP contribution in [0.25, 0.3) is 5.69 Å². The quantitative estimate of drug-likeness (QED) is 0.711. The fourth-order valence-electron chi connectivity index (χ4n) is 3.02. The van der Waals surface area contributed by atoms with Gasteiger partial charge in [-0.25, -0.2) is 19.6 Å². The lowest BCUT2D eigenvalue weighted by molar-refractivity contribution is 0.0750. The van der Waals surface area contributed by atoms with Gasteiger partial charge >= 0.3 is 0 Å². The van der Waals surface area contributed by atoms with Crippen LogP contribution in [0.15, 0.2) is 43.1 Å². The number of fused-ring (bicyclic) bond motifs is 1. The molecule has 0 atom stereocenters. The Balaban J connectivity index is 1.63. The molecule has 3 heterocycles. The van der Waals surface area contributed by atoms with Crippen molar-refractivity contribution in [3.63, 3.8) is 0 Å². The molecular formula is C19H20N6O. The van der Waals surface area contributed by atoms with E-state index in [0.29, 0.717) is 24.3 Å². The van der Waals surface area contributed by atoms with Crippen molar-refractivity contribution in [2.45, 2.75) is 39.3 Å². The number of carbonyl (C=O) groups is 1. The van der Waals surface area contributed by atoms with Crippen molar-refractivity contribution in [1.82, 2.24) is 29.6 Å². The Kier molecular flexibility index (Phi) is 3.79. The Hall–Kier alpha value is -3.09. The van der Waals surface area contributed by atoms with Gasteiger partial charge in [-0.1, -0.05) is 32.9 Å². The van der Waals surface area contributed by atoms with Crippen molar-refractivity contribution in [3.8, 4) is 5.69 Å². The Morgan fingerprint density at radius 2 is 1.96 bits per heavy atom. The van der Waals surface area contributed by atoms with Gasteiger partial charge in [0.15, 0.2) is 0 Å². The van der Waals surface area contributed by atoms with Crippen LogP contribution >= 0.6 is 0 Å². The molecule has 7 nitrogen and oxygen atoms in total. The van der Waals surface area contributed by atoms with E-state index in [1.54, 1.807) is 15.9 Å². The zero-order chi connectivity index (χ0) is 18.3. The number of nitrogens with zero attached hydrogens (tertiary/aromatic N) is 6. The van der Waals surface area contributed by atoms with E-state index in [9.17, 15) is 4.79 Å². The number of hydrogen-bond acceptors (Lipinski definition) is 5. The van der Waals surface area contributed by atoms with Gasteiger partial charge in [-0.05, 0) is 12.1 Å². The molecule has 1 aliphatic heterocycles. The smallest absolute Gasteiger partial charge is 0.256 e. The summed E-state index contributed by atoms with van der Waals surface area (Å²) in [5.74, 6) is 0.750. The first-order valence-corrected chi connectivity index (χ1v) is 8.52. The number of hydrogen-bond donors (Lipinski definition) is 0. The van der Waals surface area contributed by atoms with E-state index in [2.05, 4.69) is 35.8 Å². The van der Waals surface area contributed by atoms with E-state index in [1.807, 2.05) is 30.5 Å². The minimum Gasteiger partial charge on any atom is -0.328 e. The third-order valence-corrected chi connectivity index (χ3v) is 4.41. The summed E-state index contributed by atoms with van der Waals surface area (Å²) in [4.78, 5) is 28.1. The molecule has 4 rings (SSSR count). The van der Waals surface area contributed by atoms with Crippen LogP contribution in [0.4, 0.5) is 0 Å². The average molecular weight is 348 g/mol. The highest BCUT2D eigenvalue weighted by Crippen LogP contribution is 2.26. The van der Waals surface area contributed by atoms with Crippen LogP contribution in [0.5, 0.6) is 0 Å². The van der Waals surface area contributed by atoms with Gasteiger partial charge in [0.2, 0.25) is 0 Å². The molecule has 0 saturated heterocycles. The van der Waals surface area contributed by atoms with Crippen LogP contribution in [0, 0.1) is 0 Å². The van der Waals surface area contributed by atoms with E-state index in [-0.39, 0.29) is 11.3 Å². The van der Waals surface area contributed by atoms with Gasteiger partial charge in [0.25, 0.3) is 5.91 Å². The third-order valence-electron chi connectivity index (χ3n) is 4.41. The SMILES string of the molecule is CC(C)(C)c1ncc2c(n1)CN(C(=O)c1ccccc1-n1cncn1)C2. The normalized spacial score (nSPS) is 13.7. The Labute approximate surface area is 151 Å². The lowest BCUT2D eigenvalue weighted by Crippen LogP contribution is -2.26. The lowest BCUT2D eigenvalue weighted by Gasteiger charge is -2.17. The minimum atomic E-state index is -0.119. The van der Waals surface area contributed by atoms with Crippen molar-refractivity contribution < 1.29 is 4.79 Å². The first-order valence-electron chi connectivity index (χ1n) is 8.52. The summed E-state index contributed by atoms with van der Waals surface area (Å²) in [7, 11) is 0. The molecule has 0 fully saturated rings. The maximum Gasteiger partial charge on any atom is 0.256 e. The van der Waals surface area contributed by atoms with Crippen molar-refractivity contribution in [1.29, 1.82) is 0 Å². The lowest BCUT2D eigenvalue weighted by atomic mass is 9.95. The van der Waals surface area contributed by atoms with Crippen molar-refractivity contribution >= 4 is 5.91 Å². The van der Waals surface area contributed by atoms with E-state index < -0.39 is 0 Å². The monoisotopic (exact) mass is 348 g/mol. The van der Waals surface area contributed by atoms with E-state index >= 15 is 0 Å². The summed E-state index contributed by atoms with van der Waals surface area (Å²) < 4.78 is 1.61. The second-order valence-corrected chi connectivity index (χ2v) is 7.43. The fraction of sp³-hybridized carbons (Fsp3) is 0.316. The fourth-order valence-corrected chi connectivity index (χ4v) is 3.02. The van der Waals surface area contributed by atoms with Gasteiger partial charge < -0.3 is 4.90 Å². The second-order valence-electron chi connectivity index (χ2n) is 7.43. The molecule has 26 heavy (non-hydrogen) atoms. The van der Waals surface area contributed by atoms with Gasteiger partial charge in [0.05, 0.1) is 23.5 Å². The second kappa shape index (κ2) is 6.01. The molecule has 1 aromatic carbocycles. The molecule has 0 bridgehead atoms. The van der Waals surface area contributed by atoms with Crippen LogP contribution in [0.1, 0.15) is 48.2 Å². The topological polar surface area (TPSA) is 76.8 Å². The minimum absolute atomic E-state index is 0.0496. The number of amides is 1. The Morgan fingerprint density at radius 3 is 2.69 bits per heavy atom. The molecule has 0 radical (unpaired) electrons. The Morgan fingerprint density at radius 1 is 1.15 bits per heavy atom. The number of benzene rings is 1. The molecule has 132 valence electrons. The standard InChI is InChI=1S/C19H20N6O/c1-19(2,3)18-21-8-13-9-24(10-15(13)23-18)17(26)14-6-4-5-7-16(14)25-12-20-11-22-25/h4-8,11-12H,9-10H2,1-3H3. The highest BCUT2D eigenvalue weighted by molar-refractivity contribution is 5.98. The summed E-state index contributed by atoms with van der Waals surface area (Å²) in [5.41, 5.74) is 3.12. The van der Waals surface area contributed by atoms with Gasteiger partial charge in [-0.15, -0.1) is 0 Å². The molecule has 0 N–H and O–H groups in total. The van der Waals surface area contributed by atoms with Crippen LogP contribution in [-0.2, 0) is 18.5 Å². The predicted molar refractivity (Wildman–Crippen MR) is 95.7 cm³/mol. The van der Waals surface area contributed by atoms with E-state index in [1.165, 1.54) is 6.33 Å². The van der Waals surface area contributed by atoms with Crippen molar-refractivity contribution in [3.05, 3.63) is 65.8 Å². The summed E-state index contributed by atoms with van der Waals surface area (Å²) >= 11 is 0. The molecule has 0 saturated carbocycles. The molecular weight excluding hydrogens is 328 g/mol. The van der Waals surface area contributed by atoms with Gasteiger partial charge in [0, 0.05) is 23.7 Å². The summed E-state index contributed by atoms with van der Waals surface area (Å²) in [5, 5.41) is 4.15. The molecule has 0 unspecified atom stereocenters. The molecule has 2 aromatic heterocycles.